The van der Waals surface area contributed by atoms with E-state index in [1.54, 1.807) is 12.1 Å². The third-order valence-corrected chi connectivity index (χ3v) is 3.82. The van der Waals surface area contributed by atoms with Crippen molar-refractivity contribution in [1.29, 1.82) is 0 Å². The number of nitrogens with one attached hydrogen (secondary N) is 1. The SMILES string of the molecule is C[C@@H](NCc1cc(Br)ccc1F)c1ccccc1Cl. The lowest BCUT2D eigenvalue weighted by molar-refractivity contribution is 0.544. The second-order valence-electron chi connectivity index (χ2n) is 4.36. The molecule has 0 amide bonds. The molecule has 0 unspecified atom stereocenters. The lowest BCUT2D eigenvalue weighted by Crippen LogP contribution is -2.19. The minimum Gasteiger partial charge on any atom is -0.306 e. The Kier molecular flexibility index (Phi) is 4.97. The van der Waals surface area contributed by atoms with Crippen LogP contribution in [0.25, 0.3) is 0 Å². The van der Waals surface area contributed by atoms with E-state index < -0.39 is 0 Å². The van der Waals surface area contributed by atoms with Crippen LogP contribution in [0.4, 0.5) is 4.39 Å². The van der Waals surface area contributed by atoms with Gasteiger partial charge in [0.15, 0.2) is 0 Å². The van der Waals surface area contributed by atoms with Gasteiger partial charge in [-0.1, -0.05) is 45.7 Å². The molecule has 0 aliphatic rings. The van der Waals surface area contributed by atoms with Gasteiger partial charge in [0.05, 0.1) is 0 Å². The average Bonchev–Trinajstić information content (AvgIpc) is 2.40. The van der Waals surface area contributed by atoms with E-state index in [0.29, 0.717) is 12.1 Å². The van der Waals surface area contributed by atoms with Gasteiger partial charge in [0.2, 0.25) is 0 Å². The maximum absolute atomic E-state index is 13.6. The van der Waals surface area contributed by atoms with E-state index in [0.717, 1.165) is 15.1 Å². The topological polar surface area (TPSA) is 12.0 Å². The molecular weight excluding hydrogens is 329 g/mol. The van der Waals surface area contributed by atoms with Crippen molar-refractivity contribution in [3.8, 4) is 0 Å². The highest BCUT2D eigenvalue weighted by Gasteiger charge is 2.10. The van der Waals surface area contributed by atoms with Crippen molar-refractivity contribution in [2.75, 3.05) is 0 Å². The molecule has 1 N–H and O–H groups in total. The van der Waals surface area contributed by atoms with Crippen molar-refractivity contribution in [2.45, 2.75) is 19.5 Å². The van der Waals surface area contributed by atoms with Gasteiger partial charge < -0.3 is 5.32 Å². The number of benzene rings is 2. The molecule has 0 saturated carbocycles. The zero-order valence-corrected chi connectivity index (χ0v) is 12.8. The molecule has 0 spiro atoms. The van der Waals surface area contributed by atoms with E-state index in [-0.39, 0.29) is 11.9 Å². The summed E-state index contributed by atoms with van der Waals surface area (Å²) in [6, 6.07) is 12.7. The van der Waals surface area contributed by atoms with E-state index in [9.17, 15) is 4.39 Å². The van der Waals surface area contributed by atoms with Gasteiger partial charge in [-0.3, -0.25) is 0 Å². The van der Waals surface area contributed by atoms with Crippen molar-refractivity contribution < 1.29 is 4.39 Å². The van der Waals surface area contributed by atoms with Crippen molar-refractivity contribution in [2.24, 2.45) is 0 Å². The first kappa shape index (κ1) is 14.5. The predicted molar refractivity (Wildman–Crippen MR) is 80.8 cm³/mol. The normalized spacial score (nSPS) is 12.4. The van der Waals surface area contributed by atoms with E-state index in [2.05, 4.69) is 21.2 Å². The van der Waals surface area contributed by atoms with Gasteiger partial charge in [-0.2, -0.15) is 0 Å². The maximum Gasteiger partial charge on any atom is 0.127 e. The molecule has 0 fully saturated rings. The first-order valence-electron chi connectivity index (χ1n) is 5.99. The van der Waals surface area contributed by atoms with Crippen LogP contribution >= 0.6 is 27.5 Å². The number of halogens is 3. The first-order valence-corrected chi connectivity index (χ1v) is 7.17. The molecule has 1 atom stereocenters. The molecule has 0 saturated heterocycles. The summed E-state index contributed by atoms with van der Waals surface area (Å²) in [6.45, 7) is 2.47. The summed E-state index contributed by atoms with van der Waals surface area (Å²) in [4.78, 5) is 0. The highest BCUT2D eigenvalue weighted by molar-refractivity contribution is 9.10. The molecule has 0 aromatic heterocycles. The lowest BCUT2D eigenvalue weighted by atomic mass is 10.1. The van der Waals surface area contributed by atoms with E-state index in [4.69, 9.17) is 11.6 Å². The van der Waals surface area contributed by atoms with Gasteiger partial charge in [-0.15, -0.1) is 0 Å². The third-order valence-electron chi connectivity index (χ3n) is 2.98. The molecule has 0 radical (unpaired) electrons. The fraction of sp³-hybridized carbons (Fsp3) is 0.200. The smallest absolute Gasteiger partial charge is 0.127 e. The van der Waals surface area contributed by atoms with Crippen LogP contribution in [-0.4, -0.2) is 0 Å². The molecule has 4 heteroatoms. The standard InChI is InChI=1S/C15H14BrClFN/c1-10(13-4-2-3-5-14(13)17)19-9-11-8-12(16)6-7-15(11)18/h2-8,10,19H,9H2,1H3/t10-/m1/s1. The summed E-state index contributed by atoms with van der Waals surface area (Å²) < 4.78 is 14.5. The Balaban J connectivity index is 2.06. The second-order valence-corrected chi connectivity index (χ2v) is 5.68. The highest BCUT2D eigenvalue weighted by Crippen LogP contribution is 2.23. The molecule has 0 heterocycles. The average molecular weight is 343 g/mol. The van der Waals surface area contributed by atoms with Gasteiger partial charge in [0.25, 0.3) is 0 Å². The number of hydrogen-bond donors (Lipinski definition) is 1. The van der Waals surface area contributed by atoms with Crippen LogP contribution < -0.4 is 5.32 Å². The Morgan fingerprint density at radius 1 is 1.26 bits per heavy atom. The minimum atomic E-state index is -0.206. The minimum absolute atomic E-state index is 0.0621. The molecule has 1 nitrogen and oxygen atoms in total. The van der Waals surface area contributed by atoms with Crippen LogP contribution in [0.15, 0.2) is 46.9 Å². The van der Waals surface area contributed by atoms with Gasteiger partial charge >= 0.3 is 0 Å². The maximum atomic E-state index is 13.6. The summed E-state index contributed by atoms with van der Waals surface area (Å²) in [5.41, 5.74) is 1.65. The summed E-state index contributed by atoms with van der Waals surface area (Å²) in [6.07, 6.45) is 0. The summed E-state index contributed by atoms with van der Waals surface area (Å²) in [5.74, 6) is -0.206. The van der Waals surface area contributed by atoms with Crippen LogP contribution in [0.1, 0.15) is 24.1 Å². The Morgan fingerprint density at radius 3 is 2.74 bits per heavy atom. The van der Waals surface area contributed by atoms with Crippen molar-refractivity contribution in [1.82, 2.24) is 5.32 Å². The van der Waals surface area contributed by atoms with Crippen LogP contribution in [0.2, 0.25) is 5.02 Å². The second kappa shape index (κ2) is 6.51. The van der Waals surface area contributed by atoms with Crippen LogP contribution in [-0.2, 0) is 6.54 Å². The molecule has 0 aliphatic heterocycles. The Labute approximate surface area is 125 Å². The molecular formula is C15H14BrClFN. The van der Waals surface area contributed by atoms with Crippen LogP contribution in [0, 0.1) is 5.82 Å². The molecule has 2 rings (SSSR count). The molecule has 100 valence electrons. The molecule has 0 aliphatic carbocycles. The zero-order valence-electron chi connectivity index (χ0n) is 10.5. The fourth-order valence-corrected chi connectivity index (χ4v) is 2.59. The van der Waals surface area contributed by atoms with Crippen LogP contribution in [0.5, 0.6) is 0 Å². The lowest BCUT2D eigenvalue weighted by Gasteiger charge is -2.16. The highest BCUT2D eigenvalue weighted by atomic mass is 79.9. The summed E-state index contributed by atoms with van der Waals surface area (Å²) in [7, 11) is 0. The largest absolute Gasteiger partial charge is 0.306 e. The summed E-state index contributed by atoms with van der Waals surface area (Å²) >= 11 is 9.48. The Hall–Kier alpha value is -0.900. The quantitative estimate of drug-likeness (QED) is 0.816. The van der Waals surface area contributed by atoms with Crippen molar-refractivity contribution in [3.63, 3.8) is 0 Å². The van der Waals surface area contributed by atoms with Gasteiger partial charge in [-0.05, 0) is 36.8 Å². The summed E-state index contributed by atoms with van der Waals surface area (Å²) in [5, 5.41) is 4.00. The van der Waals surface area contributed by atoms with Gasteiger partial charge in [-0.25, -0.2) is 4.39 Å². The number of rotatable bonds is 4. The first-order chi connectivity index (χ1) is 9.08. The van der Waals surface area contributed by atoms with Crippen molar-refractivity contribution in [3.05, 3.63) is 68.9 Å². The molecule has 19 heavy (non-hydrogen) atoms. The number of hydrogen-bond acceptors (Lipinski definition) is 1. The molecule has 2 aromatic carbocycles. The van der Waals surface area contributed by atoms with E-state index >= 15 is 0 Å². The molecule has 2 aromatic rings. The monoisotopic (exact) mass is 341 g/mol. The predicted octanol–water partition coefficient (Wildman–Crippen LogP) is 5.09. The van der Waals surface area contributed by atoms with Gasteiger partial charge in [0, 0.05) is 27.6 Å². The van der Waals surface area contributed by atoms with Crippen LogP contribution in [0.3, 0.4) is 0 Å². The Morgan fingerprint density at radius 2 is 2.00 bits per heavy atom. The van der Waals surface area contributed by atoms with E-state index in [1.807, 2.05) is 31.2 Å². The fourth-order valence-electron chi connectivity index (χ4n) is 1.88. The third kappa shape index (κ3) is 3.78. The zero-order chi connectivity index (χ0) is 13.8. The van der Waals surface area contributed by atoms with Crippen molar-refractivity contribution >= 4 is 27.5 Å². The van der Waals surface area contributed by atoms with Gasteiger partial charge in [0.1, 0.15) is 5.82 Å². The van der Waals surface area contributed by atoms with E-state index in [1.165, 1.54) is 6.07 Å². The molecule has 0 bridgehead atoms. The Bertz CT molecular complexity index is 574.